The fourth-order valence-electron chi connectivity index (χ4n) is 12.2. The Bertz CT molecular complexity index is 4030. The SMILES string of the molecule is [CH2-]C(=O)NCCN(CCNC([CH2-])=O)CC(=O)NC(CC(C)C)C(=O)N1CCC[C@H]1C(=O)N[C@H]1CSSC[C@@H](C(=O)N[C@@H](Cc2ccc(-c3ccccc3)cc2)C(=O)N[C@@H](CC(=O)O)C(=O)NCC)NC(=O)[C@H](C(C)O)NC(=O)CNC(=O)[C@H](Cc2ccc(O)cc2)NC(=O)[C@H](Cc2ccc(O)cc2)NC(=O)[C@H](CC(=O)O)NC1=O.[Gd].[Gd]. The molecule has 0 bridgehead atoms. The van der Waals surface area contributed by atoms with Crippen LogP contribution < -0.4 is 69.1 Å². The van der Waals surface area contributed by atoms with Crippen molar-refractivity contribution in [1.82, 2.24) is 78.9 Å². The molecule has 4 aromatic rings. The number of amides is 14. The van der Waals surface area contributed by atoms with Gasteiger partial charge in [-0.25, -0.2) is 0 Å². The molecule has 2 fully saturated rings. The molecule has 2 aliphatic rings. The number of carboxylic acids is 2. The fourth-order valence-corrected chi connectivity index (χ4v) is 14.5. The van der Waals surface area contributed by atoms with E-state index in [1.54, 1.807) is 49.9 Å². The number of aliphatic carboxylic acids is 2. The van der Waals surface area contributed by atoms with E-state index in [9.17, 15) is 87.9 Å². The third-order valence-corrected chi connectivity index (χ3v) is 20.3. The molecule has 6 rings (SSSR count). The summed E-state index contributed by atoms with van der Waals surface area (Å²) < 4.78 is 0. The first kappa shape index (κ1) is 99.4. The minimum Gasteiger partial charge on any atom is -0.508 e. The number of rotatable bonds is 32. The van der Waals surface area contributed by atoms with Crippen LogP contribution in [-0.4, -0.2) is 260 Å². The maximum atomic E-state index is 15.1. The van der Waals surface area contributed by atoms with Crippen molar-refractivity contribution in [1.29, 1.82) is 0 Å². The number of phenols is 2. The second kappa shape index (κ2) is 50.6. The zero-order valence-electron chi connectivity index (χ0n) is 64.1. The second-order valence-corrected chi connectivity index (χ2v) is 30.1. The van der Waals surface area contributed by atoms with Gasteiger partial charge in [-0.1, -0.05) is 114 Å². The van der Waals surface area contributed by atoms with Crippen molar-refractivity contribution in [3.05, 3.63) is 134 Å². The molecule has 0 aliphatic carbocycles. The second-order valence-electron chi connectivity index (χ2n) is 27.5. The Balaban J connectivity index is 0.0000142. The van der Waals surface area contributed by atoms with Gasteiger partial charge >= 0.3 is 11.9 Å². The Morgan fingerprint density at radius 2 is 1.13 bits per heavy atom. The van der Waals surface area contributed by atoms with Gasteiger partial charge in [0.25, 0.3) is 0 Å². The summed E-state index contributed by atoms with van der Waals surface area (Å²) in [5.74, 6) is -18.5. The van der Waals surface area contributed by atoms with Gasteiger partial charge < -0.3 is 123 Å². The summed E-state index contributed by atoms with van der Waals surface area (Å²) in [6.07, 6.45) is -4.74. The summed E-state index contributed by atoms with van der Waals surface area (Å²) in [6, 6.07) is 9.48. The van der Waals surface area contributed by atoms with Crippen LogP contribution >= 0.6 is 21.6 Å². The predicted octanol–water partition coefficient (Wildman–Crippen LogP) is -2.63. The number of hydrogen-bond acceptors (Lipinski definition) is 22. The van der Waals surface area contributed by atoms with Crippen LogP contribution in [0.1, 0.15) is 76.5 Å². The first-order chi connectivity index (χ1) is 54.2. The molecular weight excluding hydrogens is 1840 g/mol. The largest absolute Gasteiger partial charge is 0.508 e. The Morgan fingerprint density at radius 1 is 0.586 bits per heavy atom. The molecule has 14 amide bonds. The van der Waals surface area contributed by atoms with Gasteiger partial charge in [-0.05, 0) is 91.1 Å². The van der Waals surface area contributed by atoms with E-state index in [1.165, 1.54) is 53.4 Å². The van der Waals surface area contributed by atoms with Crippen LogP contribution in [0.2, 0.25) is 0 Å². The summed E-state index contributed by atoms with van der Waals surface area (Å²) in [5, 5.41) is 84.1. The molecular formula is C76H99Gd2N15O21S2-2. The van der Waals surface area contributed by atoms with Gasteiger partial charge in [-0.15, -0.1) is 0 Å². The Hall–Kier alpha value is -8.99. The van der Waals surface area contributed by atoms with Crippen LogP contribution in [0.5, 0.6) is 11.5 Å². The number of aromatic hydroxyl groups is 2. The van der Waals surface area contributed by atoms with E-state index in [-0.39, 0.29) is 181 Å². The van der Waals surface area contributed by atoms with Crippen molar-refractivity contribution in [3.8, 4) is 22.6 Å². The molecule has 0 spiro atoms. The van der Waals surface area contributed by atoms with Gasteiger partial charge in [0, 0.05) is 150 Å². The van der Waals surface area contributed by atoms with E-state index in [2.05, 4.69) is 83.0 Å². The number of benzene rings is 4. The van der Waals surface area contributed by atoms with Crippen molar-refractivity contribution >= 4 is 116 Å². The molecule has 634 valence electrons. The summed E-state index contributed by atoms with van der Waals surface area (Å²) >= 11 is 0. The number of nitrogens with one attached hydrogen (secondary N) is 13. The summed E-state index contributed by atoms with van der Waals surface area (Å²) in [6.45, 7) is 11.8. The quantitative estimate of drug-likeness (QED) is 0.0176. The van der Waals surface area contributed by atoms with E-state index in [4.69, 9.17) is 0 Å². The molecule has 0 aromatic heterocycles. The number of likely N-dealkylation sites (tertiary alicyclic amines) is 1. The minimum absolute atomic E-state index is 0. The molecule has 4 aromatic carbocycles. The van der Waals surface area contributed by atoms with Crippen molar-refractivity contribution in [2.45, 2.75) is 146 Å². The van der Waals surface area contributed by atoms with Crippen molar-refractivity contribution in [2.24, 2.45) is 5.92 Å². The standard InChI is InChI=1S/C76H99N15O21S2.2Gd/c1-7-77-67(103)56(36-64(99)100)85-70(106)55(34-46-15-21-50(22-16-46)49-12-9-8-10-13-49)84-73(109)60-41-114-113-40-59(87-74(110)61-14-11-29-91(61)76(112)58(32-42(2)3)81-63(98)39-90(30-27-78-44(5)93)31-28-79-45(6)94)72(108)86-57(37-65(101)102)71(107)83-54(35-48-19-25-52(96)26-20-48)69(105)82-53(33-47-17-23-51(95)24-18-47)68(104)80-38-62(97)89-66(43(4)92)75(111)88-60;;/h8-10,12-13,15-26,42-43,53-61,66,92,95-96H,5-7,11,14,27-41H2,1-4H3,(H,77,103)(H,78,93)(H,79,94)(H,80,104)(H,81,98)(H,82,105)(H,83,107)(H,84,109)(H,85,106)(H,86,108)(H,87,110)(H,88,111)(H,89,97)(H,99,100)(H,101,102);;/q-2;;/t43?,53-,54-,55-,56-,57-,58?,59-,60-,61-,66-;;/m0../s1. The van der Waals surface area contributed by atoms with E-state index in [0.717, 1.165) is 39.6 Å². The van der Waals surface area contributed by atoms with E-state index < -0.39 is 198 Å². The van der Waals surface area contributed by atoms with E-state index in [0.29, 0.717) is 11.1 Å². The molecule has 40 heteroatoms. The number of nitrogens with zero attached hydrogens (tertiary/aromatic N) is 2. The van der Waals surface area contributed by atoms with Crippen LogP contribution in [0.25, 0.3) is 11.1 Å². The maximum Gasteiger partial charge on any atom is 0.305 e. The molecule has 0 radical (unpaired) electrons. The molecule has 2 aliphatic heterocycles. The molecule has 11 atom stereocenters. The van der Waals surface area contributed by atoms with Crippen molar-refractivity contribution in [3.63, 3.8) is 0 Å². The molecule has 2 heterocycles. The van der Waals surface area contributed by atoms with Crippen LogP contribution in [0.3, 0.4) is 0 Å². The zero-order valence-corrected chi connectivity index (χ0v) is 70.2. The van der Waals surface area contributed by atoms with Crippen molar-refractivity contribution in [2.75, 3.05) is 63.9 Å². The van der Waals surface area contributed by atoms with Gasteiger partial charge in [0.05, 0.1) is 43.8 Å². The van der Waals surface area contributed by atoms with Gasteiger partial charge in [0.15, 0.2) is 0 Å². The van der Waals surface area contributed by atoms with E-state index in [1.807, 2.05) is 30.3 Å². The fraction of sp³-hybridized carbons (Fsp3) is 0.447. The van der Waals surface area contributed by atoms with Gasteiger partial charge in [-0.3, -0.25) is 72.0 Å². The molecule has 18 N–H and O–H groups in total. The average molecular weight is 1940 g/mol. The number of likely N-dealkylation sites (N-methyl/N-ethyl adjacent to an activating group) is 1. The normalized spacial score (nSPS) is 19.5. The average Bonchev–Trinajstić information content (AvgIpc) is 1.64. The molecule has 2 unspecified atom stereocenters. The zero-order chi connectivity index (χ0) is 83.7. The molecule has 36 nitrogen and oxygen atoms in total. The van der Waals surface area contributed by atoms with Gasteiger partial charge in [0.2, 0.25) is 70.9 Å². The van der Waals surface area contributed by atoms with Gasteiger partial charge in [-0.2, -0.15) is 0 Å². The minimum atomic E-state index is -2.10. The number of carboxylic acid groups (broad SMARTS) is 2. The number of phenolic OH excluding ortho intramolecular Hbond substituents is 2. The molecule has 2 saturated heterocycles. The molecule has 116 heavy (non-hydrogen) atoms. The summed E-state index contributed by atoms with van der Waals surface area (Å²) in [7, 11) is 1.48. The predicted molar refractivity (Wildman–Crippen MR) is 417 cm³/mol. The topological polar surface area (TPSA) is 537 Å². The van der Waals surface area contributed by atoms with Gasteiger partial charge in [0.1, 0.15) is 71.9 Å². The van der Waals surface area contributed by atoms with Crippen molar-refractivity contribution < 1.29 is 182 Å². The van der Waals surface area contributed by atoms with E-state index >= 15 is 14.4 Å². The summed E-state index contributed by atoms with van der Waals surface area (Å²) in [4.78, 5) is 225. The Morgan fingerprint density at radius 3 is 1.67 bits per heavy atom. The number of aliphatic hydroxyl groups excluding tert-OH is 1. The Kier molecular flexibility index (Phi) is 43.3. The smallest absolute Gasteiger partial charge is 0.305 e. The van der Waals surface area contributed by atoms with Crippen LogP contribution in [0.4, 0.5) is 0 Å². The number of carbonyl (C=O) groups is 16. The number of aliphatic hydroxyl groups is 1. The third kappa shape index (κ3) is 34.3. The van der Waals surface area contributed by atoms with Crippen LogP contribution in [0, 0.1) is 99.6 Å². The first-order valence-corrected chi connectivity index (χ1v) is 39.2. The third-order valence-electron chi connectivity index (χ3n) is 17.9. The monoisotopic (exact) mass is 1940 g/mol. The summed E-state index contributed by atoms with van der Waals surface area (Å²) in [5.41, 5.74) is 2.62. The first-order valence-electron chi connectivity index (χ1n) is 36.7. The number of carbonyl (C=O) groups excluding carboxylic acids is 14. The van der Waals surface area contributed by atoms with Crippen LogP contribution in [-0.2, 0) is 96.0 Å². The van der Waals surface area contributed by atoms with Crippen LogP contribution in [0.15, 0.2) is 103 Å². The molecule has 0 saturated carbocycles. The number of hydrogen-bond donors (Lipinski definition) is 18. The Labute approximate surface area is 742 Å². The maximum absolute atomic E-state index is 15.1.